The number of carbonyl (C=O) groups is 2. The zero-order valence-electron chi connectivity index (χ0n) is 21.0. The van der Waals surface area contributed by atoms with Crippen molar-refractivity contribution in [2.24, 2.45) is 11.8 Å². The van der Waals surface area contributed by atoms with E-state index in [-0.39, 0.29) is 11.8 Å². The van der Waals surface area contributed by atoms with E-state index in [0.717, 1.165) is 53.7 Å². The second kappa shape index (κ2) is 9.78. The maximum Gasteiger partial charge on any atom is 0.271 e. The first-order chi connectivity index (χ1) is 16.8. The van der Waals surface area contributed by atoms with Crippen molar-refractivity contribution >= 4 is 34.1 Å². The van der Waals surface area contributed by atoms with Crippen molar-refractivity contribution in [2.75, 3.05) is 26.2 Å². The van der Waals surface area contributed by atoms with Gasteiger partial charge in [0.25, 0.3) is 5.91 Å². The monoisotopic (exact) mass is 492 g/mol. The van der Waals surface area contributed by atoms with E-state index >= 15 is 0 Å². The smallest absolute Gasteiger partial charge is 0.271 e. The normalized spacial score (nSPS) is 25.1. The molecular weight excluding hydrogens is 456 g/mol. The topological polar surface area (TPSA) is 57.6 Å². The molecule has 6 nitrogen and oxygen atoms in total. The quantitative estimate of drug-likeness (QED) is 0.491. The summed E-state index contributed by atoms with van der Waals surface area (Å²) in [6.07, 6.45) is 2.22. The van der Waals surface area contributed by atoms with Gasteiger partial charge in [0.05, 0.1) is 13.1 Å². The highest BCUT2D eigenvalue weighted by Gasteiger charge is 2.47. The van der Waals surface area contributed by atoms with E-state index in [0.29, 0.717) is 25.3 Å². The summed E-state index contributed by atoms with van der Waals surface area (Å²) in [7, 11) is 0. The van der Waals surface area contributed by atoms with Crippen LogP contribution in [0.15, 0.2) is 47.8 Å². The van der Waals surface area contributed by atoms with Crippen LogP contribution in [0.1, 0.15) is 49.0 Å². The third-order valence-corrected chi connectivity index (χ3v) is 8.46. The third kappa shape index (κ3) is 4.76. The highest BCUT2D eigenvalue weighted by atomic mass is 32.1. The van der Waals surface area contributed by atoms with Crippen molar-refractivity contribution < 1.29 is 9.59 Å². The van der Waals surface area contributed by atoms with Crippen molar-refractivity contribution in [3.8, 4) is 0 Å². The number of likely N-dealkylation sites (tertiary alicyclic amines) is 1. The first-order valence-corrected chi connectivity index (χ1v) is 13.7. The van der Waals surface area contributed by atoms with E-state index in [1.54, 1.807) is 16.2 Å². The van der Waals surface area contributed by atoms with Crippen molar-refractivity contribution in [2.45, 2.75) is 52.2 Å². The lowest BCUT2D eigenvalue weighted by Crippen LogP contribution is -2.63. The number of nitrogens with zero attached hydrogens (tertiary/aromatic N) is 3. The molecule has 0 saturated carbocycles. The Kier molecular flexibility index (Phi) is 6.73. The molecular formula is C28H36N4O2S. The van der Waals surface area contributed by atoms with Crippen molar-refractivity contribution in [1.82, 2.24) is 19.7 Å². The Morgan fingerprint density at radius 3 is 2.66 bits per heavy atom. The number of thiophene rings is 1. The molecule has 1 N–H and O–H groups in total. The summed E-state index contributed by atoms with van der Waals surface area (Å²) in [5, 5.41) is 6.23. The largest absolute Gasteiger partial charge is 0.354 e. The zero-order valence-corrected chi connectivity index (χ0v) is 21.8. The van der Waals surface area contributed by atoms with Gasteiger partial charge in [-0.3, -0.25) is 9.59 Å². The average molecular weight is 493 g/mol. The first kappa shape index (κ1) is 24.1. The first-order valence-electron chi connectivity index (χ1n) is 12.8. The minimum Gasteiger partial charge on any atom is -0.354 e. The van der Waals surface area contributed by atoms with Gasteiger partial charge in [0.2, 0.25) is 5.91 Å². The summed E-state index contributed by atoms with van der Waals surface area (Å²) in [6, 6.07) is 14.0. The van der Waals surface area contributed by atoms with E-state index in [9.17, 15) is 9.59 Å². The summed E-state index contributed by atoms with van der Waals surface area (Å²) in [6.45, 7) is 11.3. The predicted molar refractivity (Wildman–Crippen MR) is 142 cm³/mol. The molecule has 4 heterocycles. The summed E-state index contributed by atoms with van der Waals surface area (Å²) in [5.41, 5.74) is 0.685. The number of para-hydroxylation sites is 1. The maximum absolute atomic E-state index is 13.8. The van der Waals surface area contributed by atoms with Crippen LogP contribution in [0.4, 0.5) is 0 Å². The summed E-state index contributed by atoms with van der Waals surface area (Å²) in [4.78, 5) is 32.8. The van der Waals surface area contributed by atoms with Gasteiger partial charge in [-0.2, -0.15) is 0 Å². The van der Waals surface area contributed by atoms with Gasteiger partial charge in [-0.1, -0.05) is 38.1 Å². The Morgan fingerprint density at radius 2 is 1.91 bits per heavy atom. The zero-order chi connectivity index (χ0) is 24.6. The van der Waals surface area contributed by atoms with Crippen LogP contribution in [0.3, 0.4) is 0 Å². The number of hydrogen-bond acceptors (Lipinski definition) is 4. The Bertz CT molecular complexity index is 1190. The van der Waals surface area contributed by atoms with Crippen LogP contribution in [0.5, 0.6) is 0 Å². The van der Waals surface area contributed by atoms with Crippen LogP contribution < -0.4 is 5.32 Å². The van der Waals surface area contributed by atoms with Crippen LogP contribution in [0, 0.1) is 11.8 Å². The molecule has 0 bridgehead atoms. The molecule has 35 heavy (non-hydrogen) atoms. The molecule has 0 spiro atoms. The molecule has 0 aliphatic carbocycles. The number of rotatable bonds is 7. The van der Waals surface area contributed by atoms with Crippen LogP contribution in [-0.4, -0.2) is 57.9 Å². The number of fused-ring (bicyclic) bond motifs is 3. The summed E-state index contributed by atoms with van der Waals surface area (Å²) >= 11 is 1.62. The number of aromatic nitrogens is 1. The van der Waals surface area contributed by atoms with Crippen molar-refractivity contribution in [3.05, 3.63) is 58.4 Å². The molecule has 7 heteroatoms. The molecule has 1 fully saturated rings. The van der Waals surface area contributed by atoms with Gasteiger partial charge in [0.15, 0.2) is 0 Å². The predicted octanol–water partition coefficient (Wildman–Crippen LogP) is 4.60. The van der Waals surface area contributed by atoms with Gasteiger partial charge in [-0.25, -0.2) is 0 Å². The molecule has 0 radical (unpaired) electrons. The Hall–Kier alpha value is -2.64. The molecule has 2 aliphatic rings. The molecule has 3 aromatic rings. The van der Waals surface area contributed by atoms with Gasteiger partial charge in [-0.15, -0.1) is 11.3 Å². The standard InChI is InChI=1S/C28H36N4O2S/c1-20-14-21(2)17-30(16-20)12-7-11-29-27(34)28(3)19-31-24-10-5-4-8-22(24)15-25(31)26(33)32(28)18-23-9-6-13-35-23/h4-6,8-10,13,15,20-21H,7,11-12,14,16-19H2,1-3H3,(H,29,34)/t20-,21-,28-/m1/s1. The van der Waals surface area contributed by atoms with Gasteiger partial charge < -0.3 is 19.7 Å². The summed E-state index contributed by atoms with van der Waals surface area (Å²) in [5.74, 6) is 1.30. The maximum atomic E-state index is 13.8. The van der Waals surface area contributed by atoms with Crippen LogP contribution >= 0.6 is 11.3 Å². The molecule has 1 aromatic carbocycles. The lowest BCUT2D eigenvalue weighted by molar-refractivity contribution is -0.133. The summed E-state index contributed by atoms with van der Waals surface area (Å²) < 4.78 is 2.03. The Labute approximate surface area is 211 Å². The minimum absolute atomic E-state index is 0.0776. The molecule has 2 aliphatic heterocycles. The highest BCUT2D eigenvalue weighted by molar-refractivity contribution is 7.09. The minimum atomic E-state index is -0.968. The highest BCUT2D eigenvalue weighted by Crippen LogP contribution is 2.34. The fraction of sp³-hybridized carbons (Fsp3) is 0.500. The fourth-order valence-corrected chi connectivity index (χ4v) is 6.67. The average Bonchev–Trinajstić information content (AvgIpc) is 3.47. The van der Waals surface area contributed by atoms with Crippen LogP contribution in [-0.2, 0) is 17.9 Å². The molecule has 5 rings (SSSR count). The van der Waals surface area contributed by atoms with Crippen LogP contribution in [0.25, 0.3) is 10.9 Å². The lowest BCUT2D eigenvalue weighted by Gasteiger charge is -2.44. The van der Waals surface area contributed by atoms with Gasteiger partial charge in [0.1, 0.15) is 11.2 Å². The van der Waals surface area contributed by atoms with Crippen LogP contribution in [0.2, 0.25) is 0 Å². The number of hydrogen-bond donors (Lipinski definition) is 1. The Balaban J connectivity index is 1.33. The number of piperidine rings is 1. The van der Waals surface area contributed by atoms with E-state index < -0.39 is 5.54 Å². The van der Waals surface area contributed by atoms with Gasteiger partial charge in [0, 0.05) is 35.4 Å². The van der Waals surface area contributed by atoms with E-state index in [4.69, 9.17) is 0 Å². The second-order valence-electron chi connectivity index (χ2n) is 10.7. The van der Waals surface area contributed by atoms with Gasteiger partial charge >= 0.3 is 0 Å². The number of amides is 2. The SMILES string of the molecule is C[C@@H]1C[C@@H](C)CN(CCCNC(=O)[C@@]2(C)Cn3c(cc4ccccc43)C(=O)N2Cc2cccs2)C1. The molecule has 3 atom stereocenters. The molecule has 1 saturated heterocycles. The molecule has 186 valence electrons. The van der Waals surface area contributed by atoms with Gasteiger partial charge in [-0.05, 0) is 61.7 Å². The number of nitrogens with one attached hydrogen (secondary N) is 1. The fourth-order valence-electron chi connectivity index (χ4n) is 5.98. The Morgan fingerprint density at radius 1 is 1.14 bits per heavy atom. The molecule has 2 amide bonds. The van der Waals surface area contributed by atoms with E-state index in [2.05, 4.69) is 24.1 Å². The molecule has 2 aromatic heterocycles. The van der Waals surface area contributed by atoms with E-state index in [1.165, 1.54) is 6.42 Å². The number of carbonyl (C=O) groups excluding carboxylic acids is 2. The van der Waals surface area contributed by atoms with Crippen molar-refractivity contribution in [3.63, 3.8) is 0 Å². The second-order valence-corrected chi connectivity index (χ2v) is 11.8. The molecule has 0 unspecified atom stereocenters. The van der Waals surface area contributed by atoms with E-state index in [1.807, 2.05) is 59.3 Å². The number of benzene rings is 1. The van der Waals surface area contributed by atoms with Crippen molar-refractivity contribution in [1.29, 1.82) is 0 Å². The third-order valence-electron chi connectivity index (χ3n) is 7.60. The lowest BCUT2D eigenvalue weighted by atomic mass is 9.92.